The lowest BCUT2D eigenvalue weighted by Crippen LogP contribution is -2.57. The van der Waals surface area contributed by atoms with Gasteiger partial charge in [0.2, 0.25) is 0 Å². The molecule has 0 spiro atoms. The van der Waals surface area contributed by atoms with Crippen LogP contribution in [-0.2, 0) is 0 Å². The van der Waals surface area contributed by atoms with Crippen LogP contribution in [0.1, 0.15) is 73.6 Å². The zero-order chi connectivity index (χ0) is 16.1. The molecule has 0 saturated heterocycles. The Morgan fingerprint density at radius 3 is 2.05 bits per heavy atom. The van der Waals surface area contributed by atoms with Crippen molar-refractivity contribution in [3.05, 3.63) is 0 Å². The molecule has 122 valence electrons. The first kappa shape index (κ1) is 18.3. The molecule has 0 unspecified atom stereocenters. The minimum atomic E-state index is -0.352. The maximum absolute atomic E-state index is 5.40. The van der Waals surface area contributed by atoms with E-state index in [1.807, 2.05) is 0 Å². The molecule has 1 rings (SSSR count). The standard InChI is InChI=1S/C15H31N5S/c1-13(2,3)18-17-12(21)16-15(10-8-7-9-11-15)20-19-14(4,5)6/h18H,7-11H2,1-6H3,(H2,16,17,21)/b20-19+. The average Bonchev–Trinajstić information content (AvgIpc) is 2.34. The average molecular weight is 314 g/mol. The summed E-state index contributed by atoms with van der Waals surface area (Å²) in [6.07, 6.45) is 5.53. The molecule has 1 aliphatic carbocycles. The van der Waals surface area contributed by atoms with Crippen molar-refractivity contribution in [3.63, 3.8) is 0 Å². The second-order valence-corrected chi connectivity index (χ2v) is 8.33. The first-order valence-corrected chi connectivity index (χ1v) is 8.22. The number of hydrazine groups is 1. The predicted octanol–water partition coefficient (Wildman–Crippen LogP) is 3.66. The number of nitrogens with one attached hydrogen (secondary N) is 3. The molecule has 0 aromatic heterocycles. The molecule has 0 radical (unpaired) electrons. The van der Waals surface area contributed by atoms with Crippen molar-refractivity contribution in [1.29, 1.82) is 0 Å². The fourth-order valence-electron chi connectivity index (χ4n) is 2.12. The molecule has 1 fully saturated rings. The highest BCUT2D eigenvalue weighted by atomic mass is 32.1. The summed E-state index contributed by atoms with van der Waals surface area (Å²) in [5.41, 5.74) is 5.68. The Hall–Kier alpha value is -0.750. The van der Waals surface area contributed by atoms with Crippen molar-refractivity contribution >= 4 is 17.3 Å². The third-order valence-corrected chi connectivity index (χ3v) is 3.32. The molecule has 5 nitrogen and oxygen atoms in total. The van der Waals surface area contributed by atoms with E-state index in [1.54, 1.807) is 0 Å². The zero-order valence-electron chi connectivity index (χ0n) is 14.3. The first-order chi connectivity index (χ1) is 9.52. The molecular weight excluding hydrogens is 282 g/mol. The van der Waals surface area contributed by atoms with E-state index < -0.39 is 0 Å². The van der Waals surface area contributed by atoms with Crippen molar-refractivity contribution < 1.29 is 0 Å². The number of rotatable bonds is 3. The van der Waals surface area contributed by atoms with Gasteiger partial charge in [0.15, 0.2) is 10.8 Å². The van der Waals surface area contributed by atoms with Crippen LogP contribution in [0.4, 0.5) is 0 Å². The Bertz CT molecular complexity index is 373. The fourth-order valence-corrected chi connectivity index (χ4v) is 2.36. The summed E-state index contributed by atoms with van der Waals surface area (Å²) < 4.78 is 0. The van der Waals surface area contributed by atoms with Crippen molar-refractivity contribution in [2.75, 3.05) is 0 Å². The fraction of sp³-hybridized carbons (Fsp3) is 0.933. The first-order valence-electron chi connectivity index (χ1n) is 7.81. The maximum Gasteiger partial charge on any atom is 0.182 e. The van der Waals surface area contributed by atoms with Crippen LogP contribution in [0.25, 0.3) is 0 Å². The van der Waals surface area contributed by atoms with Gasteiger partial charge in [-0.3, -0.25) is 5.43 Å². The van der Waals surface area contributed by atoms with Gasteiger partial charge in [-0.2, -0.15) is 10.2 Å². The number of nitrogens with zero attached hydrogens (tertiary/aromatic N) is 2. The van der Waals surface area contributed by atoms with Gasteiger partial charge in [-0.1, -0.05) is 6.42 Å². The summed E-state index contributed by atoms with van der Waals surface area (Å²) in [7, 11) is 0. The van der Waals surface area contributed by atoms with Crippen molar-refractivity contribution in [2.45, 2.75) is 90.4 Å². The van der Waals surface area contributed by atoms with Crippen molar-refractivity contribution in [1.82, 2.24) is 16.2 Å². The summed E-state index contributed by atoms with van der Waals surface area (Å²) in [5, 5.41) is 13.1. The van der Waals surface area contributed by atoms with Crippen LogP contribution in [0.2, 0.25) is 0 Å². The van der Waals surface area contributed by atoms with E-state index >= 15 is 0 Å². The van der Waals surface area contributed by atoms with Crippen LogP contribution < -0.4 is 16.2 Å². The number of hydrogen-bond donors (Lipinski definition) is 3. The Balaban J connectivity index is 2.70. The molecule has 0 bridgehead atoms. The van der Waals surface area contributed by atoms with Crippen LogP contribution in [0, 0.1) is 0 Å². The van der Waals surface area contributed by atoms with Gasteiger partial charge < -0.3 is 5.32 Å². The lowest BCUT2D eigenvalue weighted by atomic mass is 9.90. The minimum absolute atomic E-state index is 0.0433. The molecule has 0 heterocycles. The molecule has 0 aromatic rings. The van der Waals surface area contributed by atoms with Crippen LogP contribution in [-0.4, -0.2) is 21.9 Å². The Kier molecular flexibility index (Phi) is 6.11. The Morgan fingerprint density at radius 2 is 1.57 bits per heavy atom. The van der Waals surface area contributed by atoms with Gasteiger partial charge in [-0.15, -0.1) is 0 Å². The van der Waals surface area contributed by atoms with E-state index in [1.165, 1.54) is 6.42 Å². The highest BCUT2D eigenvalue weighted by Crippen LogP contribution is 2.30. The van der Waals surface area contributed by atoms with E-state index in [-0.39, 0.29) is 16.7 Å². The molecule has 6 heteroatoms. The summed E-state index contributed by atoms with van der Waals surface area (Å²) in [6.45, 7) is 12.4. The van der Waals surface area contributed by atoms with Gasteiger partial charge in [-0.05, 0) is 79.4 Å². The third-order valence-electron chi connectivity index (χ3n) is 3.12. The summed E-state index contributed by atoms with van der Waals surface area (Å²) in [4.78, 5) is 0. The Morgan fingerprint density at radius 1 is 1.00 bits per heavy atom. The number of hydrogen-bond acceptors (Lipinski definition) is 4. The molecule has 0 aromatic carbocycles. The normalized spacial score (nSPS) is 19.5. The molecular formula is C15H31N5S. The maximum atomic E-state index is 5.40. The van der Waals surface area contributed by atoms with Crippen LogP contribution in [0.15, 0.2) is 10.2 Å². The molecule has 21 heavy (non-hydrogen) atoms. The van der Waals surface area contributed by atoms with Crippen LogP contribution >= 0.6 is 12.2 Å². The summed E-state index contributed by atoms with van der Waals surface area (Å²) in [6, 6.07) is 0. The van der Waals surface area contributed by atoms with Crippen LogP contribution in [0.3, 0.4) is 0 Å². The van der Waals surface area contributed by atoms with E-state index in [0.717, 1.165) is 25.7 Å². The van der Waals surface area contributed by atoms with Gasteiger partial charge >= 0.3 is 0 Å². The highest BCUT2D eigenvalue weighted by molar-refractivity contribution is 7.80. The Labute approximate surface area is 134 Å². The summed E-state index contributed by atoms with van der Waals surface area (Å²) in [5.74, 6) is 0. The monoisotopic (exact) mass is 313 g/mol. The second kappa shape index (κ2) is 7.01. The molecule has 1 saturated carbocycles. The lowest BCUT2D eigenvalue weighted by molar-refractivity contribution is 0.252. The molecule has 1 aliphatic rings. The van der Waals surface area contributed by atoms with Gasteiger partial charge in [0, 0.05) is 5.54 Å². The quantitative estimate of drug-likeness (QED) is 0.423. The smallest absolute Gasteiger partial charge is 0.182 e. The van der Waals surface area contributed by atoms with Crippen molar-refractivity contribution in [3.8, 4) is 0 Å². The van der Waals surface area contributed by atoms with Gasteiger partial charge in [0.05, 0.1) is 5.54 Å². The molecule has 0 atom stereocenters. The van der Waals surface area contributed by atoms with Gasteiger partial charge in [0.25, 0.3) is 0 Å². The molecule has 3 N–H and O–H groups in total. The molecule has 0 aliphatic heterocycles. The second-order valence-electron chi connectivity index (χ2n) is 7.92. The largest absolute Gasteiger partial charge is 0.336 e. The van der Waals surface area contributed by atoms with E-state index in [4.69, 9.17) is 12.2 Å². The number of thiocarbonyl (C=S) groups is 1. The topological polar surface area (TPSA) is 60.8 Å². The molecule has 0 amide bonds. The lowest BCUT2D eigenvalue weighted by Gasteiger charge is -2.35. The van der Waals surface area contributed by atoms with E-state index in [0.29, 0.717) is 5.11 Å². The van der Waals surface area contributed by atoms with Crippen molar-refractivity contribution in [2.24, 2.45) is 10.2 Å². The summed E-state index contributed by atoms with van der Waals surface area (Å²) >= 11 is 5.40. The minimum Gasteiger partial charge on any atom is -0.336 e. The van der Waals surface area contributed by atoms with Crippen LogP contribution in [0.5, 0.6) is 0 Å². The van der Waals surface area contributed by atoms with E-state index in [2.05, 4.69) is 67.9 Å². The zero-order valence-corrected chi connectivity index (χ0v) is 15.2. The van der Waals surface area contributed by atoms with Gasteiger partial charge in [0.1, 0.15) is 0 Å². The number of azo groups is 1. The highest BCUT2D eigenvalue weighted by Gasteiger charge is 2.33. The third kappa shape index (κ3) is 7.71. The SMILES string of the molecule is CC(C)(C)/N=N/C1(NC(=S)NNC(C)(C)C)CCCCC1. The van der Waals surface area contributed by atoms with Gasteiger partial charge in [-0.25, -0.2) is 5.43 Å². The van der Waals surface area contributed by atoms with E-state index in [9.17, 15) is 0 Å². The predicted molar refractivity (Wildman–Crippen MR) is 92.2 cm³/mol.